The zero-order valence-corrected chi connectivity index (χ0v) is 11.1. The van der Waals surface area contributed by atoms with Crippen molar-refractivity contribution in [2.24, 2.45) is 0 Å². The molecular formula is C15H17NS. The molecule has 0 atom stereocenters. The summed E-state index contributed by atoms with van der Waals surface area (Å²) in [6.45, 7) is 4.44. The van der Waals surface area contributed by atoms with Gasteiger partial charge in [-0.3, -0.25) is 4.98 Å². The van der Waals surface area contributed by atoms with Gasteiger partial charge >= 0.3 is 0 Å². The predicted octanol–water partition coefficient (Wildman–Crippen LogP) is 4.50. The van der Waals surface area contributed by atoms with E-state index in [0.717, 1.165) is 11.4 Å². The summed E-state index contributed by atoms with van der Waals surface area (Å²) in [6.07, 6.45) is 1.84. The fraction of sp³-hybridized carbons (Fsp3) is 0.267. The number of rotatable bonds is 4. The molecule has 0 unspecified atom stereocenters. The van der Waals surface area contributed by atoms with Crippen LogP contribution in [0.25, 0.3) is 0 Å². The lowest BCUT2D eigenvalue weighted by molar-refractivity contribution is 0.865. The van der Waals surface area contributed by atoms with E-state index in [-0.39, 0.29) is 0 Å². The van der Waals surface area contributed by atoms with Gasteiger partial charge < -0.3 is 0 Å². The van der Waals surface area contributed by atoms with E-state index in [1.165, 1.54) is 10.5 Å². The molecule has 0 aliphatic carbocycles. The molecule has 0 bridgehead atoms. The summed E-state index contributed by atoms with van der Waals surface area (Å²) in [5.41, 5.74) is 2.53. The molecule has 0 saturated heterocycles. The molecule has 0 aliphatic heterocycles. The summed E-state index contributed by atoms with van der Waals surface area (Å²) in [5, 5.41) is 0. The van der Waals surface area contributed by atoms with Crippen molar-refractivity contribution in [2.45, 2.75) is 30.4 Å². The van der Waals surface area contributed by atoms with Crippen molar-refractivity contribution >= 4 is 11.8 Å². The topological polar surface area (TPSA) is 12.9 Å². The van der Waals surface area contributed by atoms with Gasteiger partial charge in [0.15, 0.2) is 0 Å². The molecule has 0 saturated carbocycles. The zero-order chi connectivity index (χ0) is 12.1. The standard InChI is InChI=1S/C15H17NS/c1-12(2)13-6-8-15(9-7-13)17-11-14-5-3-4-10-16-14/h3-10,12H,11H2,1-2H3. The van der Waals surface area contributed by atoms with Gasteiger partial charge in [-0.1, -0.05) is 32.0 Å². The Morgan fingerprint density at radius 3 is 2.41 bits per heavy atom. The number of hydrogen-bond donors (Lipinski definition) is 0. The van der Waals surface area contributed by atoms with E-state index in [9.17, 15) is 0 Å². The molecule has 0 N–H and O–H groups in total. The van der Waals surface area contributed by atoms with Crippen LogP contribution < -0.4 is 0 Å². The Morgan fingerprint density at radius 1 is 1.06 bits per heavy atom. The van der Waals surface area contributed by atoms with Crippen LogP contribution in [0.1, 0.15) is 31.0 Å². The van der Waals surface area contributed by atoms with Crippen molar-refractivity contribution in [3.63, 3.8) is 0 Å². The van der Waals surface area contributed by atoms with Crippen molar-refractivity contribution in [1.29, 1.82) is 0 Å². The van der Waals surface area contributed by atoms with Gasteiger partial charge in [0, 0.05) is 16.8 Å². The second kappa shape index (κ2) is 5.87. The third-order valence-corrected chi connectivity index (χ3v) is 3.71. The maximum Gasteiger partial charge on any atom is 0.0506 e. The fourth-order valence-electron chi connectivity index (χ4n) is 1.59. The van der Waals surface area contributed by atoms with Gasteiger partial charge in [-0.05, 0) is 35.7 Å². The lowest BCUT2D eigenvalue weighted by Gasteiger charge is -2.06. The maximum atomic E-state index is 4.32. The van der Waals surface area contributed by atoms with Crippen molar-refractivity contribution < 1.29 is 0 Å². The van der Waals surface area contributed by atoms with Crippen LogP contribution in [0.3, 0.4) is 0 Å². The number of benzene rings is 1. The smallest absolute Gasteiger partial charge is 0.0506 e. The summed E-state index contributed by atoms with van der Waals surface area (Å²) >= 11 is 1.83. The van der Waals surface area contributed by atoms with E-state index >= 15 is 0 Å². The minimum atomic E-state index is 0.602. The Bertz CT molecular complexity index is 448. The highest BCUT2D eigenvalue weighted by Crippen LogP contribution is 2.24. The third kappa shape index (κ3) is 3.60. The molecule has 2 heteroatoms. The summed E-state index contributed by atoms with van der Waals surface area (Å²) in [5.74, 6) is 1.53. The highest BCUT2D eigenvalue weighted by molar-refractivity contribution is 7.98. The first-order valence-corrected chi connectivity index (χ1v) is 6.87. The van der Waals surface area contributed by atoms with Gasteiger partial charge in [0.2, 0.25) is 0 Å². The fourth-order valence-corrected chi connectivity index (χ4v) is 2.40. The Kier molecular flexibility index (Phi) is 4.21. The van der Waals surface area contributed by atoms with Gasteiger partial charge in [0.1, 0.15) is 0 Å². The van der Waals surface area contributed by atoms with Crippen LogP contribution in [0.4, 0.5) is 0 Å². The molecule has 1 aromatic carbocycles. The monoisotopic (exact) mass is 243 g/mol. The van der Waals surface area contributed by atoms with E-state index in [2.05, 4.69) is 49.2 Å². The van der Waals surface area contributed by atoms with Crippen LogP contribution in [-0.4, -0.2) is 4.98 Å². The van der Waals surface area contributed by atoms with Crippen LogP contribution in [0.15, 0.2) is 53.6 Å². The van der Waals surface area contributed by atoms with E-state index in [1.807, 2.05) is 30.1 Å². The molecule has 1 aromatic heterocycles. The van der Waals surface area contributed by atoms with Crippen LogP contribution in [-0.2, 0) is 5.75 Å². The van der Waals surface area contributed by atoms with Crippen molar-refractivity contribution in [3.05, 3.63) is 59.9 Å². The van der Waals surface area contributed by atoms with E-state index in [0.29, 0.717) is 5.92 Å². The Hall–Kier alpha value is -1.28. The lowest BCUT2D eigenvalue weighted by Crippen LogP contribution is -1.87. The van der Waals surface area contributed by atoms with Crippen molar-refractivity contribution in [2.75, 3.05) is 0 Å². The summed E-state index contributed by atoms with van der Waals surface area (Å²) < 4.78 is 0. The highest BCUT2D eigenvalue weighted by atomic mass is 32.2. The van der Waals surface area contributed by atoms with Crippen LogP contribution in [0.2, 0.25) is 0 Å². The van der Waals surface area contributed by atoms with E-state index in [1.54, 1.807) is 0 Å². The molecule has 0 aliphatic rings. The second-order valence-electron chi connectivity index (χ2n) is 4.33. The van der Waals surface area contributed by atoms with Crippen LogP contribution >= 0.6 is 11.8 Å². The Morgan fingerprint density at radius 2 is 1.82 bits per heavy atom. The number of thioether (sulfide) groups is 1. The normalized spacial score (nSPS) is 10.8. The average molecular weight is 243 g/mol. The largest absolute Gasteiger partial charge is 0.260 e. The quantitative estimate of drug-likeness (QED) is 0.733. The number of hydrogen-bond acceptors (Lipinski definition) is 2. The van der Waals surface area contributed by atoms with Gasteiger partial charge in [-0.2, -0.15) is 0 Å². The molecule has 0 amide bonds. The first-order valence-electron chi connectivity index (χ1n) is 5.88. The first kappa shape index (κ1) is 12.2. The number of nitrogens with zero attached hydrogens (tertiary/aromatic N) is 1. The van der Waals surface area contributed by atoms with E-state index < -0.39 is 0 Å². The second-order valence-corrected chi connectivity index (χ2v) is 5.38. The summed E-state index contributed by atoms with van der Waals surface area (Å²) in [4.78, 5) is 5.62. The van der Waals surface area contributed by atoms with Crippen LogP contribution in [0.5, 0.6) is 0 Å². The van der Waals surface area contributed by atoms with Gasteiger partial charge in [0.05, 0.1) is 5.69 Å². The molecule has 1 heterocycles. The van der Waals surface area contributed by atoms with E-state index in [4.69, 9.17) is 0 Å². The van der Waals surface area contributed by atoms with Crippen molar-refractivity contribution in [1.82, 2.24) is 4.98 Å². The van der Waals surface area contributed by atoms with Gasteiger partial charge in [0.25, 0.3) is 0 Å². The molecule has 2 aromatic rings. The first-order chi connectivity index (χ1) is 8.25. The Labute approximate surface area is 107 Å². The number of pyridine rings is 1. The maximum absolute atomic E-state index is 4.32. The molecule has 1 nitrogen and oxygen atoms in total. The molecule has 17 heavy (non-hydrogen) atoms. The average Bonchev–Trinajstić information content (AvgIpc) is 2.38. The van der Waals surface area contributed by atoms with Crippen molar-refractivity contribution in [3.8, 4) is 0 Å². The highest BCUT2D eigenvalue weighted by Gasteiger charge is 2.00. The Balaban J connectivity index is 1.96. The predicted molar refractivity (Wildman–Crippen MR) is 74.3 cm³/mol. The van der Waals surface area contributed by atoms with Gasteiger partial charge in [-0.25, -0.2) is 0 Å². The zero-order valence-electron chi connectivity index (χ0n) is 10.3. The SMILES string of the molecule is CC(C)c1ccc(SCc2ccccn2)cc1. The number of aromatic nitrogens is 1. The summed E-state index contributed by atoms with van der Waals surface area (Å²) in [7, 11) is 0. The molecule has 0 radical (unpaired) electrons. The minimum Gasteiger partial charge on any atom is -0.260 e. The lowest BCUT2D eigenvalue weighted by atomic mass is 10.0. The van der Waals surface area contributed by atoms with Gasteiger partial charge in [-0.15, -0.1) is 11.8 Å². The molecular weight excluding hydrogens is 226 g/mol. The van der Waals surface area contributed by atoms with Crippen LogP contribution in [0, 0.1) is 0 Å². The molecule has 0 spiro atoms. The molecule has 2 rings (SSSR count). The molecule has 0 fully saturated rings. The minimum absolute atomic E-state index is 0.602. The molecule has 88 valence electrons. The third-order valence-electron chi connectivity index (χ3n) is 2.66. The summed E-state index contributed by atoms with van der Waals surface area (Å²) in [6, 6.07) is 14.9.